The van der Waals surface area contributed by atoms with Gasteiger partial charge in [-0.15, -0.1) is 0 Å². The molecule has 1 aromatic carbocycles. The number of likely N-dealkylation sites (tertiary alicyclic amines) is 1. The fraction of sp³-hybridized carbons (Fsp3) is 0.647. The molecule has 2 heteroatoms. The molecule has 2 heterocycles. The van der Waals surface area contributed by atoms with Gasteiger partial charge in [-0.3, -0.25) is 0 Å². The van der Waals surface area contributed by atoms with Gasteiger partial charge in [0, 0.05) is 6.54 Å². The van der Waals surface area contributed by atoms with Gasteiger partial charge in [0.2, 0.25) is 0 Å². The quantitative estimate of drug-likeness (QED) is 0.877. The highest BCUT2D eigenvalue weighted by Crippen LogP contribution is 2.43. The number of piperidine rings is 2. The van der Waals surface area contributed by atoms with Crippen LogP contribution in [-0.4, -0.2) is 38.1 Å². The largest absolute Gasteiger partial charge is 0.316 e. The van der Waals surface area contributed by atoms with E-state index in [-0.39, 0.29) is 0 Å². The topological polar surface area (TPSA) is 15.3 Å². The van der Waals surface area contributed by atoms with Crippen LogP contribution in [0.4, 0.5) is 0 Å². The molecule has 104 valence electrons. The maximum atomic E-state index is 3.62. The van der Waals surface area contributed by atoms with Crippen molar-refractivity contribution in [2.75, 3.05) is 33.2 Å². The molecule has 1 aromatic rings. The van der Waals surface area contributed by atoms with Gasteiger partial charge in [-0.1, -0.05) is 30.3 Å². The Balaban J connectivity index is 1.77. The molecule has 1 N–H and O–H groups in total. The highest BCUT2D eigenvalue weighted by atomic mass is 15.1. The highest BCUT2D eigenvalue weighted by Gasteiger charge is 2.42. The first kappa shape index (κ1) is 13.1. The van der Waals surface area contributed by atoms with Gasteiger partial charge in [0.15, 0.2) is 0 Å². The van der Waals surface area contributed by atoms with Crippen LogP contribution in [0.3, 0.4) is 0 Å². The second kappa shape index (κ2) is 5.64. The summed E-state index contributed by atoms with van der Waals surface area (Å²) in [6.45, 7) is 4.99. The molecular weight excluding hydrogens is 232 g/mol. The highest BCUT2D eigenvalue weighted by molar-refractivity contribution is 5.16. The second-order valence-electron chi connectivity index (χ2n) is 6.54. The molecule has 0 saturated carbocycles. The fourth-order valence-corrected chi connectivity index (χ4v) is 4.16. The van der Waals surface area contributed by atoms with Crippen molar-refractivity contribution in [3.05, 3.63) is 35.9 Å². The molecule has 0 bridgehead atoms. The van der Waals surface area contributed by atoms with Gasteiger partial charge in [0.1, 0.15) is 0 Å². The van der Waals surface area contributed by atoms with Gasteiger partial charge in [0.25, 0.3) is 0 Å². The minimum atomic E-state index is 0.564. The molecule has 2 saturated heterocycles. The summed E-state index contributed by atoms with van der Waals surface area (Å²) in [6, 6.07) is 11.0. The molecule has 2 fully saturated rings. The predicted molar refractivity (Wildman–Crippen MR) is 80.3 cm³/mol. The molecule has 0 radical (unpaired) electrons. The lowest BCUT2D eigenvalue weighted by molar-refractivity contribution is 0.0211. The lowest BCUT2D eigenvalue weighted by atomic mass is 9.64. The molecule has 2 aliphatic rings. The minimum Gasteiger partial charge on any atom is -0.316 e. The minimum absolute atomic E-state index is 0.564. The summed E-state index contributed by atoms with van der Waals surface area (Å²) in [5.41, 5.74) is 2.07. The van der Waals surface area contributed by atoms with Crippen molar-refractivity contribution >= 4 is 0 Å². The number of benzene rings is 1. The molecule has 1 spiro atoms. The van der Waals surface area contributed by atoms with E-state index in [1.54, 1.807) is 0 Å². The van der Waals surface area contributed by atoms with Gasteiger partial charge >= 0.3 is 0 Å². The number of rotatable bonds is 2. The summed E-state index contributed by atoms with van der Waals surface area (Å²) in [5, 5.41) is 3.62. The molecule has 0 aromatic heterocycles. The zero-order valence-corrected chi connectivity index (χ0v) is 12.1. The first-order valence-electron chi connectivity index (χ1n) is 7.72. The smallest absolute Gasteiger partial charge is 0.00387 e. The molecule has 0 amide bonds. The van der Waals surface area contributed by atoms with Gasteiger partial charge in [-0.25, -0.2) is 0 Å². The van der Waals surface area contributed by atoms with Gasteiger partial charge in [-0.2, -0.15) is 0 Å². The summed E-state index contributed by atoms with van der Waals surface area (Å²) in [6.07, 6.45) is 5.40. The first-order valence-corrected chi connectivity index (χ1v) is 7.72. The first-order chi connectivity index (χ1) is 9.28. The summed E-state index contributed by atoms with van der Waals surface area (Å²) < 4.78 is 0. The van der Waals surface area contributed by atoms with Crippen LogP contribution in [0.2, 0.25) is 0 Å². The van der Waals surface area contributed by atoms with Crippen molar-refractivity contribution in [1.29, 1.82) is 0 Å². The van der Waals surface area contributed by atoms with Crippen LogP contribution in [0.25, 0.3) is 0 Å². The van der Waals surface area contributed by atoms with Crippen molar-refractivity contribution in [2.45, 2.75) is 25.7 Å². The number of nitrogens with one attached hydrogen (secondary N) is 1. The summed E-state index contributed by atoms with van der Waals surface area (Å²) in [5.74, 6) is 0.798. The average molecular weight is 258 g/mol. The van der Waals surface area contributed by atoms with Crippen LogP contribution >= 0.6 is 0 Å². The third-order valence-corrected chi connectivity index (χ3v) is 5.18. The van der Waals surface area contributed by atoms with Crippen molar-refractivity contribution < 1.29 is 0 Å². The van der Waals surface area contributed by atoms with Gasteiger partial charge in [-0.05, 0) is 69.3 Å². The van der Waals surface area contributed by atoms with Crippen molar-refractivity contribution in [3.8, 4) is 0 Å². The Labute approximate surface area is 117 Å². The standard InChI is InChI=1S/C17H26N2/c1-19-11-5-8-17(14-19)9-10-18-13-16(17)12-15-6-3-2-4-7-15/h2-4,6-7,16,18H,5,8-14H2,1H3. The summed E-state index contributed by atoms with van der Waals surface area (Å²) >= 11 is 0. The summed E-state index contributed by atoms with van der Waals surface area (Å²) in [7, 11) is 2.29. The maximum absolute atomic E-state index is 3.62. The predicted octanol–water partition coefficient (Wildman–Crippen LogP) is 2.55. The molecule has 2 nitrogen and oxygen atoms in total. The van der Waals surface area contributed by atoms with E-state index < -0.39 is 0 Å². The molecule has 2 unspecified atom stereocenters. The normalized spacial score (nSPS) is 32.6. The van der Waals surface area contributed by atoms with Crippen LogP contribution in [-0.2, 0) is 6.42 Å². The molecule has 19 heavy (non-hydrogen) atoms. The SMILES string of the molecule is CN1CCCC2(CCNCC2Cc2ccccc2)C1. The monoisotopic (exact) mass is 258 g/mol. The fourth-order valence-electron chi connectivity index (χ4n) is 4.16. The number of nitrogens with zero attached hydrogens (tertiary/aromatic N) is 1. The van der Waals surface area contributed by atoms with E-state index in [0.29, 0.717) is 5.41 Å². The Morgan fingerprint density at radius 3 is 2.89 bits per heavy atom. The van der Waals surface area contributed by atoms with E-state index in [1.807, 2.05) is 0 Å². The lowest BCUT2D eigenvalue weighted by Crippen LogP contribution is -2.53. The third-order valence-electron chi connectivity index (χ3n) is 5.18. The zero-order valence-electron chi connectivity index (χ0n) is 12.1. The molecular formula is C17H26N2. The molecule has 2 atom stereocenters. The van der Waals surface area contributed by atoms with Gasteiger partial charge in [0.05, 0.1) is 0 Å². The second-order valence-corrected chi connectivity index (χ2v) is 6.54. The average Bonchev–Trinajstić information content (AvgIpc) is 2.43. The van der Waals surface area contributed by atoms with E-state index in [2.05, 4.69) is 47.6 Å². The van der Waals surface area contributed by atoms with E-state index in [1.165, 1.54) is 57.4 Å². The van der Waals surface area contributed by atoms with Crippen LogP contribution in [0.15, 0.2) is 30.3 Å². The Bertz CT molecular complexity index is 399. The van der Waals surface area contributed by atoms with E-state index in [9.17, 15) is 0 Å². The van der Waals surface area contributed by atoms with Crippen molar-refractivity contribution in [2.24, 2.45) is 11.3 Å². The van der Waals surface area contributed by atoms with Crippen LogP contribution in [0.1, 0.15) is 24.8 Å². The molecule has 0 aliphatic carbocycles. The van der Waals surface area contributed by atoms with Crippen molar-refractivity contribution in [1.82, 2.24) is 10.2 Å². The number of hydrogen-bond acceptors (Lipinski definition) is 2. The van der Waals surface area contributed by atoms with Gasteiger partial charge < -0.3 is 10.2 Å². The van der Waals surface area contributed by atoms with Crippen LogP contribution in [0.5, 0.6) is 0 Å². The van der Waals surface area contributed by atoms with Crippen LogP contribution < -0.4 is 5.32 Å². The molecule has 2 aliphatic heterocycles. The van der Waals surface area contributed by atoms with E-state index in [4.69, 9.17) is 0 Å². The lowest BCUT2D eigenvalue weighted by Gasteiger charge is -2.50. The Morgan fingerprint density at radius 2 is 2.11 bits per heavy atom. The Hall–Kier alpha value is -0.860. The third kappa shape index (κ3) is 2.85. The maximum Gasteiger partial charge on any atom is 0.00387 e. The summed E-state index contributed by atoms with van der Waals surface area (Å²) in [4.78, 5) is 2.55. The number of hydrogen-bond donors (Lipinski definition) is 1. The van der Waals surface area contributed by atoms with E-state index >= 15 is 0 Å². The van der Waals surface area contributed by atoms with E-state index in [0.717, 1.165) is 5.92 Å². The Kier molecular flexibility index (Phi) is 3.90. The zero-order chi connectivity index (χ0) is 13.1. The Morgan fingerprint density at radius 1 is 1.26 bits per heavy atom. The van der Waals surface area contributed by atoms with Crippen molar-refractivity contribution in [3.63, 3.8) is 0 Å². The molecule has 3 rings (SSSR count). The van der Waals surface area contributed by atoms with Crippen LogP contribution in [0, 0.1) is 11.3 Å².